The fraction of sp³-hybridized carbons (Fsp3) is 0.227. The maximum Gasteiger partial charge on any atom is 0.254 e. The molecule has 7 heteroatoms. The van der Waals surface area contributed by atoms with Crippen LogP contribution < -0.4 is 10.5 Å². The summed E-state index contributed by atoms with van der Waals surface area (Å²) < 4.78 is 5.80. The van der Waals surface area contributed by atoms with Crippen molar-refractivity contribution in [1.29, 1.82) is 0 Å². The molecule has 3 aromatic rings. The van der Waals surface area contributed by atoms with E-state index in [4.69, 9.17) is 10.5 Å². The van der Waals surface area contributed by atoms with Gasteiger partial charge in [-0.1, -0.05) is 30.3 Å². The summed E-state index contributed by atoms with van der Waals surface area (Å²) in [5, 5.41) is 2.93. The molecule has 6 nitrogen and oxygen atoms in total. The molecule has 0 spiro atoms. The first-order valence-corrected chi connectivity index (χ1v) is 10.2. The number of aryl methyl sites for hydroxylation is 1. The van der Waals surface area contributed by atoms with Gasteiger partial charge in [0.2, 0.25) is 5.91 Å². The monoisotopic (exact) mass is 407 g/mol. The molecule has 2 heterocycles. The zero-order chi connectivity index (χ0) is 20.4. The fourth-order valence-corrected chi connectivity index (χ4v) is 4.10. The number of ether oxygens (including phenoxy) is 1. The largest absolute Gasteiger partial charge is 0.487 e. The molecule has 0 saturated heterocycles. The SMILES string of the molecule is Cc1nc(COc2cccc(C(=O)N3Cc4ccccc4C[C@@H]3C(N)=O)c2)cs1. The van der Waals surface area contributed by atoms with Crippen LogP contribution in [0.1, 0.15) is 32.2 Å². The summed E-state index contributed by atoms with van der Waals surface area (Å²) in [7, 11) is 0. The fourth-order valence-electron chi connectivity index (χ4n) is 3.51. The topological polar surface area (TPSA) is 85.5 Å². The van der Waals surface area contributed by atoms with E-state index in [1.807, 2.05) is 36.6 Å². The first-order chi connectivity index (χ1) is 14.0. The van der Waals surface area contributed by atoms with Gasteiger partial charge in [-0.25, -0.2) is 4.98 Å². The molecular weight excluding hydrogens is 386 g/mol. The van der Waals surface area contributed by atoms with Gasteiger partial charge in [-0.05, 0) is 36.2 Å². The predicted molar refractivity (Wildman–Crippen MR) is 111 cm³/mol. The highest BCUT2D eigenvalue weighted by molar-refractivity contribution is 7.09. The normalized spacial score (nSPS) is 15.6. The van der Waals surface area contributed by atoms with E-state index in [1.54, 1.807) is 40.5 Å². The molecule has 2 N–H and O–H groups in total. The second-order valence-electron chi connectivity index (χ2n) is 7.00. The number of primary amides is 1. The third-order valence-corrected chi connectivity index (χ3v) is 5.79. The second kappa shape index (κ2) is 8.05. The summed E-state index contributed by atoms with van der Waals surface area (Å²) in [6.07, 6.45) is 0.427. The number of fused-ring (bicyclic) bond motifs is 1. The Morgan fingerprint density at radius 1 is 1.21 bits per heavy atom. The lowest BCUT2D eigenvalue weighted by Crippen LogP contribution is -2.51. The Morgan fingerprint density at radius 2 is 2.00 bits per heavy atom. The molecule has 0 saturated carbocycles. The van der Waals surface area contributed by atoms with E-state index in [0.717, 1.165) is 21.8 Å². The lowest BCUT2D eigenvalue weighted by molar-refractivity contribution is -0.122. The second-order valence-corrected chi connectivity index (χ2v) is 8.06. The number of aromatic nitrogens is 1. The quantitative estimate of drug-likeness (QED) is 0.704. The minimum atomic E-state index is -0.667. The molecule has 0 fully saturated rings. The molecule has 1 aromatic heterocycles. The minimum absolute atomic E-state index is 0.238. The zero-order valence-corrected chi connectivity index (χ0v) is 16.8. The number of carbonyl (C=O) groups excluding carboxylic acids is 2. The highest BCUT2D eigenvalue weighted by atomic mass is 32.1. The maximum atomic E-state index is 13.2. The molecule has 2 aromatic carbocycles. The summed E-state index contributed by atoms with van der Waals surface area (Å²) in [5.41, 5.74) is 9.01. The van der Waals surface area contributed by atoms with Crippen molar-refractivity contribution in [3.63, 3.8) is 0 Å². The molecule has 1 aliphatic rings. The van der Waals surface area contributed by atoms with E-state index in [9.17, 15) is 9.59 Å². The van der Waals surface area contributed by atoms with Crippen molar-refractivity contribution in [2.75, 3.05) is 0 Å². The number of hydrogen-bond donors (Lipinski definition) is 1. The molecule has 0 unspecified atom stereocenters. The highest BCUT2D eigenvalue weighted by Crippen LogP contribution is 2.26. The van der Waals surface area contributed by atoms with Crippen LogP contribution in [0.25, 0.3) is 0 Å². The average Bonchev–Trinajstić information content (AvgIpc) is 3.16. The van der Waals surface area contributed by atoms with Crippen molar-refractivity contribution in [1.82, 2.24) is 9.88 Å². The summed E-state index contributed by atoms with van der Waals surface area (Å²) in [6, 6.07) is 14.1. The van der Waals surface area contributed by atoms with Crippen LogP contribution in [0.15, 0.2) is 53.9 Å². The van der Waals surface area contributed by atoms with Crippen molar-refractivity contribution >= 4 is 23.2 Å². The van der Waals surface area contributed by atoms with Gasteiger partial charge in [0.25, 0.3) is 5.91 Å². The van der Waals surface area contributed by atoms with Gasteiger partial charge in [0, 0.05) is 23.9 Å². The van der Waals surface area contributed by atoms with Crippen LogP contribution in [-0.4, -0.2) is 27.7 Å². The number of hydrogen-bond acceptors (Lipinski definition) is 5. The van der Waals surface area contributed by atoms with Crippen molar-refractivity contribution in [2.24, 2.45) is 5.73 Å². The van der Waals surface area contributed by atoms with Gasteiger partial charge in [0.1, 0.15) is 18.4 Å². The van der Waals surface area contributed by atoms with Crippen molar-refractivity contribution in [2.45, 2.75) is 32.5 Å². The summed E-state index contributed by atoms with van der Waals surface area (Å²) in [5.74, 6) is -0.160. The number of thiazole rings is 1. The first-order valence-electron chi connectivity index (χ1n) is 9.32. The number of amides is 2. The highest BCUT2D eigenvalue weighted by Gasteiger charge is 2.33. The van der Waals surface area contributed by atoms with Crippen LogP contribution in [0, 0.1) is 6.92 Å². The average molecular weight is 407 g/mol. The van der Waals surface area contributed by atoms with E-state index in [1.165, 1.54) is 0 Å². The molecule has 0 aliphatic carbocycles. The summed E-state index contributed by atoms with van der Waals surface area (Å²) in [6.45, 7) is 2.63. The molecule has 0 bridgehead atoms. The summed E-state index contributed by atoms with van der Waals surface area (Å²) >= 11 is 1.57. The zero-order valence-electron chi connectivity index (χ0n) is 16.0. The third kappa shape index (κ3) is 4.14. The molecule has 1 atom stereocenters. The van der Waals surface area contributed by atoms with Crippen molar-refractivity contribution in [3.8, 4) is 5.75 Å². The van der Waals surface area contributed by atoms with Crippen LogP contribution in [0.4, 0.5) is 0 Å². The van der Waals surface area contributed by atoms with E-state index in [2.05, 4.69) is 4.98 Å². The van der Waals surface area contributed by atoms with Crippen LogP contribution in [0.2, 0.25) is 0 Å². The molecule has 1 aliphatic heterocycles. The number of carbonyl (C=O) groups is 2. The molecule has 0 radical (unpaired) electrons. The number of nitrogens with two attached hydrogens (primary N) is 1. The van der Waals surface area contributed by atoms with Crippen LogP contribution >= 0.6 is 11.3 Å². The van der Waals surface area contributed by atoms with Gasteiger partial charge < -0.3 is 15.4 Å². The van der Waals surface area contributed by atoms with E-state index >= 15 is 0 Å². The van der Waals surface area contributed by atoms with E-state index < -0.39 is 11.9 Å². The molecule has 4 rings (SSSR count). The Morgan fingerprint density at radius 3 is 2.72 bits per heavy atom. The van der Waals surface area contributed by atoms with Crippen LogP contribution in [0.3, 0.4) is 0 Å². The molecule has 2 amide bonds. The van der Waals surface area contributed by atoms with E-state index in [-0.39, 0.29) is 5.91 Å². The summed E-state index contributed by atoms with van der Waals surface area (Å²) in [4.78, 5) is 31.2. The smallest absolute Gasteiger partial charge is 0.254 e. The van der Waals surface area contributed by atoms with E-state index in [0.29, 0.717) is 30.9 Å². The lowest BCUT2D eigenvalue weighted by atomic mass is 9.93. The van der Waals surface area contributed by atoms with Gasteiger partial charge in [-0.3, -0.25) is 9.59 Å². The first kappa shape index (κ1) is 19.1. The van der Waals surface area contributed by atoms with Gasteiger partial charge in [-0.15, -0.1) is 11.3 Å². The van der Waals surface area contributed by atoms with Crippen LogP contribution in [0.5, 0.6) is 5.75 Å². The maximum absolute atomic E-state index is 13.2. The number of nitrogens with zero attached hydrogens (tertiary/aromatic N) is 2. The van der Waals surface area contributed by atoms with Gasteiger partial charge in [0.05, 0.1) is 10.7 Å². The van der Waals surface area contributed by atoms with Crippen LogP contribution in [-0.2, 0) is 24.4 Å². The Hall–Kier alpha value is -3.19. The molecule has 29 heavy (non-hydrogen) atoms. The standard InChI is InChI=1S/C22H21N3O3S/c1-14-24-18(13-29-14)12-28-19-8-4-7-16(9-19)22(27)25-11-17-6-3-2-5-15(17)10-20(25)21(23)26/h2-9,13,20H,10-12H2,1H3,(H2,23,26)/t20-/m1/s1. The Labute approximate surface area is 172 Å². The Balaban J connectivity index is 1.54. The molecular formula is C22H21N3O3S. The number of benzene rings is 2. The predicted octanol–water partition coefficient (Wildman–Crippen LogP) is 3.08. The third-order valence-electron chi connectivity index (χ3n) is 4.97. The Kier molecular flexibility index (Phi) is 5.31. The van der Waals surface area contributed by atoms with Gasteiger partial charge in [-0.2, -0.15) is 0 Å². The minimum Gasteiger partial charge on any atom is -0.487 e. The van der Waals surface area contributed by atoms with Crippen molar-refractivity contribution < 1.29 is 14.3 Å². The van der Waals surface area contributed by atoms with Gasteiger partial charge in [0.15, 0.2) is 0 Å². The lowest BCUT2D eigenvalue weighted by Gasteiger charge is -2.35. The Bertz CT molecular complexity index is 1060. The van der Waals surface area contributed by atoms with Gasteiger partial charge >= 0.3 is 0 Å². The van der Waals surface area contributed by atoms with Crippen molar-refractivity contribution in [3.05, 3.63) is 81.3 Å². The molecule has 148 valence electrons. The number of rotatable bonds is 5.